The van der Waals surface area contributed by atoms with Crippen LogP contribution in [0.25, 0.3) is 0 Å². The topological polar surface area (TPSA) is 66.3 Å². The van der Waals surface area contributed by atoms with Crippen molar-refractivity contribution < 1.29 is 28.5 Å². The Morgan fingerprint density at radius 1 is 1.32 bits per heavy atom. The van der Waals surface area contributed by atoms with Crippen LogP contribution in [-0.4, -0.2) is 21.0 Å². The van der Waals surface area contributed by atoms with Crippen LogP contribution in [0, 0.1) is 25.5 Å². The van der Waals surface area contributed by atoms with Crippen molar-refractivity contribution in [1.82, 2.24) is 4.73 Å². The predicted octanol–water partition coefficient (Wildman–Crippen LogP) is 2.05. The fourth-order valence-corrected chi connectivity index (χ4v) is 2.53. The molecular formula is C15H17F2N2O3+. The molecule has 0 saturated heterocycles. The summed E-state index contributed by atoms with van der Waals surface area (Å²) in [5.41, 5.74) is 1.58. The van der Waals surface area contributed by atoms with Gasteiger partial charge in [0.2, 0.25) is 0 Å². The highest BCUT2D eigenvalue weighted by molar-refractivity contribution is 5.68. The van der Waals surface area contributed by atoms with E-state index in [-0.39, 0.29) is 12.0 Å². The van der Waals surface area contributed by atoms with Gasteiger partial charge in [0.1, 0.15) is 5.69 Å². The molecule has 0 saturated carbocycles. The number of carboxylic acids is 1. The molecule has 0 aliphatic rings. The second kappa shape index (κ2) is 5.75. The zero-order chi connectivity index (χ0) is 16.6. The Bertz CT molecular complexity index is 715. The zero-order valence-corrected chi connectivity index (χ0v) is 12.5. The molecule has 118 valence electrons. The van der Waals surface area contributed by atoms with Crippen molar-refractivity contribution in [3.8, 4) is 0 Å². The van der Waals surface area contributed by atoms with Gasteiger partial charge < -0.3 is 10.3 Å². The molecule has 2 rings (SSSR count). The van der Waals surface area contributed by atoms with Crippen LogP contribution in [0.3, 0.4) is 0 Å². The second-order valence-corrected chi connectivity index (χ2v) is 5.22. The monoisotopic (exact) mass is 311 g/mol. The van der Waals surface area contributed by atoms with Crippen molar-refractivity contribution in [3.05, 3.63) is 52.6 Å². The summed E-state index contributed by atoms with van der Waals surface area (Å²) < 4.78 is 29.1. The quantitative estimate of drug-likeness (QED) is 0.671. The van der Waals surface area contributed by atoms with E-state index in [0.717, 1.165) is 22.6 Å². The van der Waals surface area contributed by atoms with E-state index in [1.807, 2.05) is 0 Å². The maximum Gasteiger partial charge on any atom is 0.304 e. The van der Waals surface area contributed by atoms with Crippen LogP contribution in [0.15, 0.2) is 18.2 Å². The first-order valence-corrected chi connectivity index (χ1v) is 6.67. The summed E-state index contributed by atoms with van der Waals surface area (Å²) in [5.74, 6) is -3.68. The standard InChI is InChI=1S/C15H16F2N2O3/c1-8-9(2)19(22)15(18(8)3)11(7-14(20)21)10-4-5-12(16)13(17)6-10/h4-6,11H,7H2,1-3H3,(H-,20,21,22)/p+1/t11-/m1/s1. The van der Waals surface area contributed by atoms with Crippen molar-refractivity contribution in [3.63, 3.8) is 0 Å². The number of aromatic nitrogens is 2. The Morgan fingerprint density at radius 2 is 1.95 bits per heavy atom. The summed E-state index contributed by atoms with van der Waals surface area (Å²) in [6.45, 7) is 3.45. The number of aliphatic carboxylic acids is 1. The number of halogens is 2. The average Bonchev–Trinajstić information content (AvgIpc) is 2.64. The van der Waals surface area contributed by atoms with Gasteiger partial charge in [0.25, 0.3) is 0 Å². The highest BCUT2D eigenvalue weighted by atomic mass is 19.2. The Morgan fingerprint density at radius 3 is 2.41 bits per heavy atom. The molecule has 5 nitrogen and oxygen atoms in total. The highest BCUT2D eigenvalue weighted by Gasteiger charge is 2.34. The fourth-order valence-electron chi connectivity index (χ4n) is 2.53. The first-order valence-electron chi connectivity index (χ1n) is 6.67. The van der Waals surface area contributed by atoms with E-state index in [1.165, 1.54) is 6.07 Å². The van der Waals surface area contributed by atoms with Crippen LogP contribution in [0.5, 0.6) is 0 Å². The summed E-state index contributed by atoms with van der Waals surface area (Å²) in [6.07, 6.45) is -0.359. The van der Waals surface area contributed by atoms with E-state index in [1.54, 1.807) is 25.5 Å². The third-order valence-electron chi connectivity index (χ3n) is 3.94. The van der Waals surface area contributed by atoms with Gasteiger partial charge in [0.15, 0.2) is 17.3 Å². The molecule has 0 unspecified atom stereocenters. The number of nitrogens with zero attached hydrogens (tertiary/aromatic N) is 2. The van der Waals surface area contributed by atoms with E-state index in [9.17, 15) is 18.8 Å². The molecule has 7 heteroatoms. The van der Waals surface area contributed by atoms with Gasteiger partial charge in [0, 0.05) is 13.8 Å². The van der Waals surface area contributed by atoms with Gasteiger partial charge >= 0.3 is 11.8 Å². The van der Waals surface area contributed by atoms with Crippen LogP contribution in [0.2, 0.25) is 0 Å². The lowest BCUT2D eigenvalue weighted by Crippen LogP contribution is -2.37. The summed E-state index contributed by atoms with van der Waals surface area (Å²) in [6, 6.07) is 3.23. The number of hydrogen-bond acceptors (Lipinski definition) is 2. The molecular weight excluding hydrogens is 294 g/mol. The molecule has 0 aliphatic carbocycles. The predicted molar refractivity (Wildman–Crippen MR) is 72.7 cm³/mol. The first kappa shape index (κ1) is 15.9. The normalized spacial score (nSPS) is 12.4. The molecule has 1 heterocycles. The van der Waals surface area contributed by atoms with Crippen molar-refractivity contribution >= 4 is 5.97 Å². The SMILES string of the molecule is Cc1c(C)[n+](C)c([C@H](CC(=O)O)c2ccc(F)c(F)c2)n1O. The largest absolute Gasteiger partial charge is 0.481 e. The molecule has 1 aromatic carbocycles. The lowest BCUT2D eigenvalue weighted by molar-refractivity contribution is -0.686. The Hall–Kier alpha value is -2.44. The van der Waals surface area contributed by atoms with Crippen molar-refractivity contribution in [2.75, 3.05) is 0 Å². The summed E-state index contributed by atoms with van der Waals surface area (Å²) in [7, 11) is 1.68. The first-order chi connectivity index (χ1) is 10.2. The summed E-state index contributed by atoms with van der Waals surface area (Å²) in [4.78, 5) is 11.2. The van der Waals surface area contributed by atoms with Crippen molar-refractivity contribution in [2.45, 2.75) is 26.2 Å². The molecule has 0 amide bonds. The summed E-state index contributed by atoms with van der Waals surface area (Å²) >= 11 is 0. The number of carbonyl (C=O) groups is 1. The van der Waals surface area contributed by atoms with Gasteiger partial charge in [-0.3, -0.25) is 4.79 Å². The van der Waals surface area contributed by atoms with E-state index in [2.05, 4.69) is 0 Å². The van der Waals surface area contributed by atoms with Gasteiger partial charge in [-0.05, 0) is 22.4 Å². The van der Waals surface area contributed by atoms with Crippen molar-refractivity contribution in [1.29, 1.82) is 0 Å². The fraction of sp³-hybridized carbons (Fsp3) is 0.333. The van der Waals surface area contributed by atoms with E-state index >= 15 is 0 Å². The Labute approximate surface area is 126 Å². The van der Waals surface area contributed by atoms with Gasteiger partial charge in [-0.2, -0.15) is 0 Å². The van der Waals surface area contributed by atoms with Crippen LogP contribution in [0.1, 0.15) is 35.1 Å². The van der Waals surface area contributed by atoms with Crippen molar-refractivity contribution in [2.24, 2.45) is 7.05 Å². The number of rotatable bonds is 4. The molecule has 1 aromatic heterocycles. The molecule has 2 N–H and O–H groups in total. The molecule has 0 radical (unpaired) electrons. The molecule has 0 spiro atoms. The average molecular weight is 311 g/mol. The molecule has 0 bridgehead atoms. The Balaban J connectivity index is 2.63. The van der Waals surface area contributed by atoms with Crippen LogP contribution in [-0.2, 0) is 11.8 Å². The minimum atomic E-state index is -1.11. The minimum absolute atomic E-state index is 0.282. The second-order valence-electron chi connectivity index (χ2n) is 5.22. The third kappa shape index (κ3) is 2.66. The molecule has 22 heavy (non-hydrogen) atoms. The van der Waals surface area contributed by atoms with E-state index < -0.39 is 23.5 Å². The lowest BCUT2D eigenvalue weighted by atomic mass is 9.94. The van der Waals surface area contributed by atoms with Gasteiger partial charge in [0.05, 0.1) is 19.4 Å². The third-order valence-corrected chi connectivity index (χ3v) is 3.94. The van der Waals surface area contributed by atoms with Crippen LogP contribution < -0.4 is 4.57 Å². The van der Waals surface area contributed by atoms with Gasteiger partial charge in [-0.15, -0.1) is 0 Å². The van der Waals surface area contributed by atoms with Gasteiger partial charge in [-0.1, -0.05) is 6.07 Å². The number of carboxylic acid groups (broad SMARTS) is 1. The lowest BCUT2D eigenvalue weighted by Gasteiger charge is -2.12. The summed E-state index contributed by atoms with van der Waals surface area (Å²) in [5, 5.41) is 19.3. The zero-order valence-electron chi connectivity index (χ0n) is 12.5. The molecule has 1 atom stereocenters. The minimum Gasteiger partial charge on any atom is -0.481 e. The van der Waals surface area contributed by atoms with Crippen LogP contribution >= 0.6 is 0 Å². The molecule has 2 aromatic rings. The number of benzene rings is 1. The molecule has 0 aliphatic heterocycles. The Kier molecular flexibility index (Phi) is 4.16. The maximum atomic E-state index is 13.5. The molecule has 0 fully saturated rings. The van der Waals surface area contributed by atoms with Gasteiger partial charge in [-0.25, -0.2) is 13.3 Å². The smallest absolute Gasteiger partial charge is 0.304 e. The number of imidazole rings is 1. The van der Waals surface area contributed by atoms with Crippen LogP contribution in [0.4, 0.5) is 8.78 Å². The highest BCUT2D eigenvalue weighted by Crippen LogP contribution is 2.28. The maximum absolute atomic E-state index is 13.5. The van der Waals surface area contributed by atoms with E-state index in [4.69, 9.17) is 5.11 Å². The van der Waals surface area contributed by atoms with E-state index in [0.29, 0.717) is 11.5 Å². The number of hydrogen-bond donors (Lipinski definition) is 2.